The van der Waals surface area contributed by atoms with Crippen LogP contribution in [0.1, 0.15) is 22.7 Å². The van der Waals surface area contributed by atoms with Crippen LogP contribution in [0.3, 0.4) is 0 Å². The van der Waals surface area contributed by atoms with Crippen molar-refractivity contribution < 1.29 is 0 Å². The summed E-state index contributed by atoms with van der Waals surface area (Å²) in [4.78, 5) is 0. The molecule has 2 aromatic carbocycles. The Morgan fingerprint density at radius 2 is 2.00 bits per heavy atom. The zero-order valence-corrected chi connectivity index (χ0v) is 13.7. The van der Waals surface area contributed by atoms with Crippen molar-refractivity contribution in [3.05, 3.63) is 67.2 Å². The molecule has 0 saturated heterocycles. The highest BCUT2D eigenvalue weighted by Gasteiger charge is 2.15. The van der Waals surface area contributed by atoms with E-state index in [4.69, 9.17) is 5.84 Å². The maximum absolute atomic E-state index is 5.74. The zero-order chi connectivity index (χ0) is 13.1. The molecule has 0 radical (unpaired) electrons. The van der Waals surface area contributed by atoms with Gasteiger partial charge in [0.25, 0.3) is 0 Å². The molecule has 2 rings (SSSR count). The Hall–Kier alpha value is -0.430. The fourth-order valence-electron chi connectivity index (χ4n) is 1.95. The number of aryl methyl sites for hydroxylation is 1. The van der Waals surface area contributed by atoms with Crippen LogP contribution in [0.4, 0.5) is 0 Å². The topological polar surface area (TPSA) is 38.0 Å². The molecule has 0 bridgehead atoms. The lowest BCUT2D eigenvalue weighted by Crippen LogP contribution is -2.29. The van der Waals surface area contributed by atoms with Crippen LogP contribution in [0.5, 0.6) is 0 Å². The summed E-state index contributed by atoms with van der Waals surface area (Å²) in [5.74, 6) is 5.74. The molecule has 1 unspecified atom stereocenters. The van der Waals surface area contributed by atoms with Gasteiger partial charge in [0.15, 0.2) is 0 Å². The van der Waals surface area contributed by atoms with Crippen molar-refractivity contribution in [2.24, 2.45) is 5.84 Å². The van der Waals surface area contributed by atoms with Crippen LogP contribution in [0, 0.1) is 10.5 Å². The quantitative estimate of drug-likeness (QED) is 0.452. The number of rotatable bonds is 3. The molecule has 3 N–H and O–H groups in total. The average Bonchev–Trinajstić information content (AvgIpc) is 2.35. The van der Waals surface area contributed by atoms with Crippen LogP contribution in [0.15, 0.2) is 46.9 Å². The third kappa shape index (κ3) is 3.12. The third-order valence-electron chi connectivity index (χ3n) is 2.81. The Morgan fingerprint density at radius 3 is 2.67 bits per heavy atom. The van der Waals surface area contributed by atoms with Crippen LogP contribution in [-0.4, -0.2) is 0 Å². The number of nitrogens with two attached hydrogens (primary N) is 1. The minimum absolute atomic E-state index is 0.00861. The van der Waals surface area contributed by atoms with Gasteiger partial charge in [-0.3, -0.25) is 5.84 Å². The molecule has 0 aliphatic carbocycles. The Morgan fingerprint density at radius 1 is 1.22 bits per heavy atom. The smallest absolute Gasteiger partial charge is 0.0720 e. The van der Waals surface area contributed by atoms with Crippen molar-refractivity contribution >= 4 is 38.5 Å². The van der Waals surface area contributed by atoms with E-state index in [9.17, 15) is 0 Å². The molecule has 0 saturated carbocycles. The second-order valence-corrected chi connectivity index (χ2v) is 6.26. The highest BCUT2D eigenvalue weighted by atomic mass is 127. The van der Waals surface area contributed by atoms with Crippen LogP contribution >= 0.6 is 38.5 Å². The van der Waals surface area contributed by atoms with E-state index in [0.29, 0.717) is 0 Å². The van der Waals surface area contributed by atoms with E-state index >= 15 is 0 Å². The molecular formula is C14H14BrIN2. The summed E-state index contributed by atoms with van der Waals surface area (Å²) < 4.78 is 2.26. The maximum atomic E-state index is 5.74. The summed E-state index contributed by atoms with van der Waals surface area (Å²) in [5, 5.41) is 0. The van der Waals surface area contributed by atoms with Crippen LogP contribution in [-0.2, 0) is 0 Å². The van der Waals surface area contributed by atoms with E-state index < -0.39 is 0 Å². The summed E-state index contributed by atoms with van der Waals surface area (Å²) in [6.07, 6.45) is 0. The molecule has 0 fully saturated rings. The Kier molecular flexibility index (Phi) is 4.77. The van der Waals surface area contributed by atoms with Crippen LogP contribution in [0.2, 0.25) is 0 Å². The van der Waals surface area contributed by atoms with Gasteiger partial charge in [-0.15, -0.1) is 0 Å². The van der Waals surface area contributed by atoms with Crippen molar-refractivity contribution in [1.29, 1.82) is 0 Å². The number of benzene rings is 2. The number of hydrazine groups is 1. The molecule has 0 spiro atoms. The van der Waals surface area contributed by atoms with Gasteiger partial charge < -0.3 is 0 Å². The van der Waals surface area contributed by atoms with Gasteiger partial charge >= 0.3 is 0 Å². The molecule has 0 aliphatic heterocycles. The predicted molar refractivity (Wildman–Crippen MR) is 87.2 cm³/mol. The Bertz CT molecular complexity index is 557. The first-order valence-corrected chi connectivity index (χ1v) is 7.46. The number of nitrogens with one attached hydrogen (secondary N) is 1. The molecule has 0 amide bonds. The normalized spacial score (nSPS) is 12.4. The molecule has 0 heterocycles. The zero-order valence-electron chi connectivity index (χ0n) is 9.95. The van der Waals surface area contributed by atoms with Crippen LogP contribution < -0.4 is 11.3 Å². The summed E-state index contributed by atoms with van der Waals surface area (Å²) in [6.45, 7) is 2.09. The van der Waals surface area contributed by atoms with E-state index in [1.165, 1.54) is 20.3 Å². The lowest BCUT2D eigenvalue weighted by Gasteiger charge is -2.19. The molecule has 0 aliphatic rings. The van der Waals surface area contributed by atoms with Gasteiger partial charge in [-0.2, -0.15) is 0 Å². The van der Waals surface area contributed by atoms with Gasteiger partial charge in [-0.1, -0.05) is 45.8 Å². The summed E-state index contributed by atoms with van der Waals surface area (Å²) in [7, 11) is 0. The second kappa shape index (κ2) is 6.14. The van der Waals surface area contributed by atoms with E-state index in [1.54, 1.807) is 0 Å². The summed E-state index contributed by atoms with van der Waals surface area (Å²) in [5.41, 5.74) is 6.49. The number of hydrogen-bond acceptors (Lipinski definition) is 2. The first kappa shape index (κ1) is 14.0. The summed E-state index contributed by atoms with van der Waals surface area (Å²) >= 11 is 5.84. The first-order valence-electron chi connectivity index (χ1n) is 5.59. The van der Waals surface area contributed by atoms with Gasteiger partial charge in [0.1, 0.15) is 0 Å². The molecule has 94 valence electrons. The van der Waals surface area contributed by atoms with E-state index in [0.717, 1.165) is 4.47 Å². The molecule has 2 nitrogen and oxygen atoms in total. The van der Waals surface area contributed by atoms with Crippen molar-refractivity contribution in [3.8, 4) is 0 Å². The fraction of sp³-hybridized carbons (Fsp3) is 0.143. The largest absolute Gasteiger partial charge is 0.271 e. The predicted octanol–water partition coefficient (Wildman–Crippen LogP) is 3.91. The van der Waals surface area contributed by atoms with E-state index in [1.807, 2.05) is 6.07 Å². The van der Waals surface area contributed by atoms with Crippen molar-refractivity contribution in [1.82, 2.24) is 5.43 Å². The molecule has 0 aromatic heterocycles. The first-order chi connectivity index (χ1) is 8.61. The second-order valence-electron chi connectivity index (χ2n) is 4.18. The third-order valence-corrected chi connectivity index (χ3v) is 4.29. The van der Waals surface area contributed by atoms with Gasteiger partial charge in [-0.05, 0) is 58.8 Å². The molecular weight excluding hydrogens is 403 g/mol. The van der Waals surface area contributed by atoms with Gasteiger partial charge in [-0.25, -0.2) is 5.43 Å². The Labute approximate surface area is 129 Å². The monoisotopic (exact) mass is 416 g/mol. The van der Waals surface area contributed by atoms with Crippen molar-refractivity contribution in [2.45, 2.75) is 13.0 Å². The molecule has 2 aromatic rings. The lowest BCUT2D eigenvalue weighted by atomic mass is 9.98. The lowest BCUT2D eigenvalue weighted by molar-refractivity contribution is 0.633. The number of halogens is 2. The van der Waals surface area contributed by atoms with Crippen molar-refractivity contribution in [2.75, 3.05) is 0 Å². The molecule has 1 atom stereocenters. The van der Waals surface area contributed by atoms with Crippen LogP contribution in [0.25, 0.3) is 0 Å². The van der Waals surface area contributed by atoms with E-state index in [-0.39, 0.29) is 6.04 Å². The average molecular weight is 417 g/mol. The minimum Gasteiger partial charge on any atom is -0.271 e. The van der Waals surface area contributed by atoms with Gasteiger partial charge in [0.2, 0.25) is 0 Å². The summed E-state index contributed by atoms with van der Waals surface area (Å²) in [6, 6.07) is 14.6. The Balaban J connectivity index is 2.48. The van der Waals surface area contributed by atoms with Gasteiger partial charge in [0, 0.05) is 8.04 Å². The standard InChI is InChI=1S/C14H14BrIN2/c1-9-3-2-4-10(7-9)14(18-17)12-8-11(15)5-6-13(12)16/h2-8,14,18H,17H2,1H3. The fourth-order valence-corrected chi connectivity index (χ4v) is 2.98. The molecule has 4 heteroatoms. The minimum atomic E-state index is 0.00861. The maximum Gasteiger partial charge on any atom is 0.0720 e. The van der Waals surface area contributed by atoms with Crippen molar-refractivity contribution in [3.63, 3.8) is 0 Å². The van der Waals surface area contributed by atoms with E-state index in [2.05, 4.69) is 87.3 Å². The number of hydrogen-bond donors (Lipinski definition) is 2. The molecule has 18 heavy (non-hydrogen) atoms. The highest BCUT2D eigenvalue weighted by Crippen LogP contribution is 2.28. The SMILES string of the molecule is Cc1cccc(C(NN)c2cc(Br)ccc2I)c1. The highest BCUT2D eigenvalue weighted by molar-refractivity contribution is 14.1. The van der Waals surface area contributed by atoms with Gasteiger partial charge in [0.05, 0.1) is 6.04 Å².